The van der Waals surface area contributed by atoms with Gasteiger partial charge in [0, 0.05) is 5.56 Å². The molecule has 2 aromatic rings. The van der Waals surface area contributed by atoms with E-state index in [1.807, 2.05) is 37.3 Å². The molecule has 4 nitrogen and oxygen atoms in total. The normalized spacial score (nSPS) is 12.6. The molecule has 4 heteroatoms. The molecule has 0 bridgehead atoms. The maximum absolute atomic E-state index is 9.70. The molecule has 0 saturated heterocycles. The van der Waals surface area contributed by atoms with Gasteiger partial charge < -0.3 is 9.63 Å². The zero-order chi connectivity index (χ0) is 11.4. The molecular weight excluding hydrogens is 204 g/mol. The Labute approximate surface area is 93.9 Å². The van der Waals surface area contributed by atoms with Crippen LogP contribution in [-0.4, -0.2) is 15.2 Å². The van der Waals surface area contributed by atoms with Crippen LogP contribution in [0.1, 0.15) is 31.7 Å². The number of rotatable bonds is 4. The Kier molecular flexibility index (Phi) is 3.31. The lowest BCUT2D eigenvalue weighted by molar-refractivity contribution is 0.153. The Hall–Kier alpha value is -1.68. The van der Waals surface area contributed by atoms with Crippen molar-refractivity contribution in [2.75, 3.05) is 0 Å². The molecule has 16 heavy (non-hydrogen) atoms. The summed E-state index contributed by atoms with van der Waals surface area (Å²) in [6.45, 7) is 2.00. The molecule has 1 aromatic carbocycles. The van der Waals surface area contributed by atoms with Crippen molar-refractivity contribution in [2.45, 2.75) is 25.9 Å². The highest BCUT2D eigenvalue weighted by atomic mass is 16.5. The number of hydrogen-bond donors (Lipinski definition) is 1. The lowest BCUT2D eigenvalue weighted by atomic mass is 10.2. The molecule has 0 fully saturated rings. The van der Waals surface area contributed by atoms with E-state index in [0.717, 1.165) is 12.0 Å². The van der Waals surface area contributed by atoms with Crippen LogP contribution in [-0.2, 0) is 0 Å². The van der Waals surface area contributed by atoms with Gasteiger partial charge in [0.1, 0.15) is 6.10 Å². The SMILES string of the molecule is CCCC(O)c1noc(-c2ccccc2)n1. The van der Waals surface area contributed by atoms with Gasteiger partial charge in [0.25, 0.3) is 5.89 Å². The quantitative estimate of drug-likeness (QED) is 0.856. The molecule has 0 aliphatic rings. The molecule has 0 amide bonds. The molecule has 1 aromatic heterocycles. The first-order valence-corrected chi connectivity index (χ1v) is 5.38. The summed E-state index contributed by atoms with van der Waals surface area (Å²) in [5.41, 5.74) is 0.866. The molecule has 1 N–H and O–H groups in total. The zero-order valence-electron chi connectivity index (χ0n) is 9.13. The average Bonchev–Trinajstić information content (AvgIpc) is 2.80. The Morgan fingerprint density at radius 1 is 1.31 bits per heavy atom. The van der Waals surface area contributed by atoms with Crippen LogP contribution in [0.3, 0.4) is 0 Å². The predicted octanol–water partition coefficient (Wildman–Crippen LogP) is 2.57. The summed E-state index contributed by atoms with van der Waals surface area (Å²) < 4.78 is 5.10. The fraction of sp³-hybridized carbons (Fsp3) is 0.333. The molecule has 0 aliphatic carbocycles. The summed E-state index contributed by atoms with van der Waals surface area (Å²) in [4.78, 5) is 4.17. The monoisotopic (exact) mass is 218 g/mol. The topological polar surface area (TPSA) is 59.2 Å². The van der Waals surface area contributed by atoms with E-state index in [1.165, 1.54) is 0 Å². The van der Waals surface area contributed by atoms with Crippen LogP contribution in [0.25, 0.3) is 11.5 Å². The molecule has 2 rings (SSSR count). The Bertz CT molecular complexity index is 439. The number of aliphatic hydroxyl groups excluding tert-OH is 1. The van der Waals surface area contributed by atoms with E-state index in [1.54, 1.807) is 0 Å². The van der Waals surface area contributed by atoms with Gasteiger partial charge in [0.05, 0.1) is 0 Å². The summed E-state index contributed by atoms with van der Waals surface area (Å²) in [5.74, 6) is 0.812. The van der Waals surface area contributed by atoms with Crippen molar-refractivity contribution in [3.8, 4) is 11.5 Å². The first-order chi connectivity index (χ1) is 7.81. The van der Waals surface area contributed by atoms with Crippen LogP contribution in [0.15, 0.2) is 34.9 Å². The summed E-state index contributed by atoms with van der Waals surface area (Å²) >= 11 is 0. The lowest BCUT2D eigenvalue weighted by Crippen LogP contribution is -1.98. The van der Waals surface area contributed by atoms with Crippen molar-refractivity contribution in [1.82, 2.24) is 10.1 Å². The molecular formula is C12H14N2O2. The fourth-order valence-electron chi connectivity index (χ4n) is 1.47. The number of nitrogens with zero attached hydrogens (tertiary/aromatic N) is 2. The van der Waals surface area contributed by atoms with E-state index in [4.69, 9.17) is 4.52 Å². The third-order valence-corrected chi connectivity index (χ3v) is 2.32. The van der Waals surface area contributed by atoms with Crippen LogP contribution in [0.4, 0.5) is 0 Å². The maximum Gasteiger partial charge on any atom is 0.258 e. The standard InChI is InChI=1S/C12H14N2O2/c1-2-6-10(15)11-13-12(16-14-11)9-7-4-3-5-8-9/h3-5,7-8,10,15H,2,6H2,1H3. The van der Waals surface area contributed by atoms with Crippen LogP contribution >= 0.6 is 0 Å². The number of aliphatic hydroxyl groups is 1. The van der Waals surface area contributed by atoms with Crippen molar-refractivity contribution >= 4 is 0 Å². The second-order valence-electron chi connectivity index (χ2n) is 3.63. The third-order valence-electron chi connectivity index (χ3n) is 2.32. The smallest absolute Gasteiger partial charge is 0.258 e. The van der Waals surface area contributed by atoms with Crippen LogP contribution in [0, 0.1) is 0 Å². The van der Waals surface area contributed by atoms with Gasteiger partial charge in [-0.2, -0.15) is 4.98 Å². The number of aromatic nitrogens is 2. The maximum atomic E-state index is 9.70. The van der Waals surface area contributed by atoms with E-state index in [0.29, 0.717) is 18.1 Å². The number of benzene rings is 1. The minimum Gasteiger partial charge on any atom is -0.385 e. The van der Waals surface area contributed by atoms with Crippen LogP contribution in [0.5, 0.6) is 0 Å². The van der Waals surface area contributed by atoms with Gasteiger partial charge in [-0.05, 0) is 18.6 Å². The minimum atomic E-state index is -0.633. The highest BCUT2D eigenvalue weighted by molar-refractivity contribution is 5.51. The van der Waals surface area contributed by atoms with E-state index < -0.39 is 6.10 Å². The Morgan fingerprint density at radius 2 is 2.06 bits per heavy atom. The second-order valence-corrected chi connectivity index (χ2v) is 3.63. The fourth-order valence-corrected chi connectivity index (χ4v) is 1.47. The van der Waals surface area contributed by atoms with Gasteiger partial charge in [-0.3, -0.25) is 0 Å². The summed E-state index contributed by atoms with van der Waals surface area (Å²) in [6.07, 6.45) is 0.899. The third kappa shape index (κ3) is 2.28. The summed E-state index contributed by atoms with van der Waals surface area (Å²) in [7, 11) is 0. The largest absolute Gasteiger partial charge is 0.385 e. The van der Waals surface area contributed by atoms with Gasteiger partial charge >= 0.3 is 0 Å². The lowest BCUT2D eigenvalue weighted by Gasteiger charge is -2.01. The van der Waals surface area contributed by atoms with E-state index >= 15 is 0 Å². The molecule has 1 unspecified atom stereocenters. The highest BCUT2D eigenvalue weighted by Crippen LogP contribution is 2.20. The van der Waals surface area contributed by atoms with Crippen molar-refractivity contribution < 1.29 is 9.63 Å². The average molecular weight is 218 g/mol. The first-order valence-electron chi connectivity index (χ1n) is 5.38. The minimum absolute atomic E-state index is 0.362. The van der Waals surface area contributed by atoms with Gasteiger partial charge in [0.2, 0.25) is 5.82 Å². The summed E-state index contributed by atoms with van der Waals surface area (Å²) in [6, 6.07) is 9.52. The van der Waals surface area contributed by atoms with E-state index in [-0.39, 0.29) is 0 Å². The van der Waals surface area contributed by atoms with Crippen LogP contribution in [0.2, 0.25) is 0 Å². The zero-order valence-corrected chi connectivity index (χ0v) is 9.13. The van der Waals surface area contributed by atoms with Crippen molar-refractivity contribution in [3.05, 3.63) is 36.2 Å². The predicted molar refractivity (Wildman–Crippen MR) is 59.6 cm³/mol. The second kappa shape index (κ2) is 4.90. The van der Waals surface area contributed by atoms with Crippen LogP contribution < -0.4 is 0 Å². The number of hydrogen-bond acceptors (Lipinski definition) is 4. The van der Waals surface area contributed by atoms with Crippen molar-refractivity contribution in [1.29, 1.82) is 0 Å². The van der Waals surface area contributed by atoms with E-state index in [9.17, 15) is 5.11 Å². The van der Waals surface area contributed by atoms with Gasteiger partial charge in [-0.25, -0.2) is 0 Å². The van der Waals surface area contributed by atoms with Gasteiger partial charge in [0.15, 0.2) is 0 Å². The van der Waals surface area contributed by atoms with Gasteiger partial charge in [-0.15, -0.1) is 0 Å². The molecule has 0 saturated carbocycles. The van der Waals surface area contributed by atoms with E-state index in [2.05, 4.69) is 10.1 Å². The molecule has 0 aliphatic heterocycles. The summed E-state index contributed by atoms with van der Waals surface area (Å²) in [5, 5.41) is 13.5. The molecule has 1 heterocycles. The van der Waals surface area contributed by atoms with Gasteiger partial charge in [-0.1, -0.05) is 36.7 Å². The van der Waals surface area contributed by atoms with Crippen molar-refractivity contribution in [2.24, 2.45) is 0 Å². The molecule has 1 atom stereocenters. The van der Waals surface area contributed by atoms with Crippen molar-refractivity contribution in [3.63, 3.8) is 0 Å². The molecule has 84 valence electrons. The Morgan fingerprint density at radius 3 is 2.75 bits per heavy atom. The molecule has 0 spiro atoms. The highest BCUT2D eigenvalue weighted by Gasteiger charge is 2.15. The molecule has 0 radical (unpaired) electrons. The first kappa shape index (κ1) is 10.8. The Balaban J connectivity index is 2.20.